The normalized spacial score (nSPS) is 30.1. The predicted molar refractivity (Wildman–Crippen MR) is 81.0 cm³/mol. The molecule has 2 bridgehead atoms. The van der Waals surface area contributed by atoms with Crippen LogP contribution in [0.1, 0.15) is 50.4 Å². The standard InChI is InChI=1S/C16H28N4/c1-3-14-9-16(20(2)19-14)10-15(18-17)8-13-7-11-4-5-12(13)6-11/h9,11-13,15,18H,3-8,10,17H2,1-2H3. The van der Waals surface area contributed by atoms with Gasteiger partial charge in [0.15, 0.2) is 0 Å². The first-order valence-electron chi connectivity index (χ1n) is 8.17. The van der Waals surface area contributed by atoms with Gasteiger partial charge >= 0.3 is 0 Å². The monoisotopic (exact) mass is 276 g/mol. The minimum absolute atomic E-state index is 0.388. The quantitative estimate of drug-likeness (QED) is 0.618. The lowest BCUT2D eigenvalue weighted by atomic mass is 9.83. The molecule has 0 aliphatic heterocycles. The van der Waals surface area contributed by atoms with E-state index in [1.807, 2.05) is 11.7 Å². The number of fused-ring (bicyclic) bond motifs is 2. The van der Waals surface area contributed by atoms with Crippen molar-refractivity contribution in [1.29, 1.82) is 0 Å². The smallest absolute Gasteiger partial charge is 0.0624 e. The van der Waals surface area contributed by atoms with Gasteiger partial charge in [-0.15, -0.1) is 0 Å². The van der Waals surface area contributed by atoms with Gasteiger partial charge in [-0.25, -0.2) is 0 Å². The van der Waals surface area contributed by atoms with Gasteiger partial charge in [-0.1, -0.05) is 13.3 Å². The number of hydrazine groups is 1. The van der Waals surface area contributed by atoms with E-state index in [4.69, 9.17) is 5.84 Å². The van der Waals surface area contributed by atoms with Gasteiger partial charge < -0.3 is 0 Å². The van der Waals surface area contributed by atoms with Crippen LogP contribution < -0.4 is 11.3 Å². The Labute approximate surface area is 122 Å². The molecule has 4 heteroatoms. The highest BCUT2D eigenvalue weighted by atomic mass is 15.3. The molecular weight excluding hydrogens is 248 g/mol. The van der Waals surface area contributed by atoms with Gasteiger partial charge in [0.25, 0.3) is 0 Å². The van der Waals surface area contributed by atoms with E-state index < -0.39 is 0 Å². The highest BCUT2D eigenvalue weighted by Gasteiger charge is 2.40. The molecule has 0 spiro atoms. The minimum atomic E-state index is 0.388. The Hall–Kier alpha value is -0.870. The van der Waals surface area contributed by atoms with Gasteiger partial charge in [-0.3, -0.25) is 16.0 Å². The summed E-state index contributed by atoms with van der Waals surface area (Å²) in [5, 5.41) is 4.53. The summed E-state index contributed by atoms with van der Waals surface area (Å²) in [4.78, 5) is 0. The first kappa shape index (κ1) is 14.1. The van der Waals surface area contributed by atoms with Crippen molar-refractivity contribution in [3.05, 3.63) is 17.5 Å². The van der Waals surface area contributed by atoms with Crippen LogP contribution in [-0.2, 0) is 19.9 Å². The molecule has 1 heterocycles. The topological polar surface area (TPSA) is 55.9 Å². The molecular formula is C16H28N4. The highest BCUT2D eigenvalue weighted by molar-refractivity contribution is 5.11. The second-order valence-corrected chi connectivity index (χ2v) is 6.84. The summed E-state index contributed by atoms with van der Waals surface area (Å²) in [5.41, 5.74) is 5.53. The number of hydrogen-bond acceptors (Lipinski definition) is 3. The number of hydrogen-bond donors (Lipinski definition) is 2. The summed E-state index contributed by atoms with van der Waals surface area (Å²) in [7, 11) is 2.04. The Bertz CT molecular complexity index is 453. The molecule has 20 heavy (non-hydrogen) atoms. The first-order valence-corrected chi connectivity index (χ1v) is 8.17. The van der Waals surface area contributed by atoms with Crippen LogP contribution in [-0.4, -0.2) is 15.8 Å². The van der Waals surface area contributed by atoms with E-state index >= 15 is 0 Å². The molecule has 2 aliphatic rings. The zero-order valence-corrected chi connectivity index (χ0v) is 12.8. The van der Waals surface area contributed by atoms with Gasteiger partial charge in [-0.2, -0.15) is 5.10 Å². The molecule has 0 aromatic carbocycles. The van der Waals surface area contributed by atoms with E-state index in [9.17, 15) is 0 Å². The lowest BCUT2D eigenvalue weighted by Crippen LogP contribution is -2.39. The molecule has 0 amide bonds. The largest absolute Gasteiger partial charge is 0.272 e. The number of rotatable bonds is 6. The van der Waals surface area contributed by atoms with Crippen molar-refractivity contribution in [3.8, 4) is 0 Å². The van der Waals surface area contributed by atoms with Crippen LogP contribution in [0, 0.1) is 17.8 Å². The molecule has 3 N–H and O–H groups in total. The zero-order valence-electron chi connectivity index (χ0n) is 12.8. The molecule has 3 rings (SSSR count). The lowest BCUT2D eigenvalue weighted by molar-refractivity contribution is 0.276. The molecule has 4 nitrogen and oxygen atoms in total. The Morgan fingerprint density at radius 3 is 2.85 bits per heavy atom. The molecule has 1 aromatic rings. The fraction of sp³-hybridized carbons (Fsp3) is 0.812. The molecule has 112 valence electrons. The molecule has 4 unspecified atom stereocenters. The summed E-state index contributed by atoms with van der Waals surface area (Å²) < 4.78 is 2.02. The van der Waals surface area contributed by atoms with Crippen LogP contribution in [0.3, 0.4) is 0 Å². The van der Waals surface area contributed by atoms with Gasteiger partial charge in [-0.05, 0) is 55.9 Å². The average molecular weight is 276 g/mol. The Morgan fingerprint density at radius 1 is 1.45 bits per heavy atom. The highest BCUT2D eigenvalue weighted by Crippen LogP contribution is 2.49. The maximum absolute atomic E-state index is 5.81. The van der Waals surface area contributed by atoms with E-state index in [1.54, 1.807) is 0 Å². The molecule has 0 radical (unpaired) electrons. The third kappa shape index (κ3) is 2.77. The van der Waals surface area contributed by atoms with Crippen LogP contribution >= 0.6 is 0 Å². The van der Waals surface area contributed by atoms with E-state index in [2.05, 4.69) is 23.5 Å². The summed E-state index contributed by atoms with van der Waals surface area (Å²) in [5.74, 6) is 8.70. The van der Waals surface area contributed by atoms with E-state index in [0.29, 0.717) is 6.04 Å². The van der Waals surface area contributed by atoms with E-state index in [0.717, 1.165) is 30.6 Å². The van der Waals surface area contributed by atoms with Crippen molar-refractivity contribution in [2.75, 3.05) is 0 Å². The molecule has 1 aromatic heterocycles. The number of nitrogens with zero attached hydrogens (tertiary/aromatic N) is 2. The average Bonchev–Trinajstić information content (AvgIpc) is 3.14. The van der Waals surface area contributed by atoms with Crippen molar-refractivity contribution in [3.63, 3.8) is 0 Å². The van der Waals surface area contributed by atoms with Crippen molar-refractivity contribution >= 4 is 0 Å². The summed E-state index contributed by atoms with van der Waals surface area (Å²) in [6.07, 6.45) is 9.07. The fourth-order valence-corrected chi connectivity index (χ4v) is 4.43. The summed E-state index contributed by atoms with van der Waals surface area (Å²) in [6.45, 7) is 2.15. The first-order chi connectivity index (χ1) is 9.69. The van der Waals surface area contributed by atoms with Crippen LogP contribution in [0.5, 0.6) is 0 Å². The van der Waals surface area contributed by atoms with Crippen molar-refractivity contribution in [1.82, 2.24) is 15.2 Å². The molecule has 0 saturated heterocycles. The van der Waals surface area contributed by atoms with Gasteiger partial charge in [0.2, 0.25) is 0 Å². The van der Waals surface area contributed by atoms with Crippen molar-refractivity contribution in [2.24, 2.45) is 30.6 Å². The summed E-state index contributed by atoms with van der Waals surface area (Å²) in [6, 6.07) is 2.62. The Morgan fingerprint density at radius 2 is 2.30 bits per heavy atom. The Kier molecular flexibility index (Phi) is 4.13. The molecule has 4 atom stereocenters. The van der Waals surface area contributed by atoms with Crippen LogP contribution in [0.15, 0.2) is 6.07 Å². The van der Waals surface area contributed by atoms with Crippen LogP contribution in [0.25, 0.3) is 0 Å². The number of nitrogens with two attached hydrogens (primary N) is 1. The molecule has 2 saturated carbocycles. The minimum Gasteiger partial charge on any atom is -0.272 e. The van der Waals surface area contributed by atoms with Gasteiger partial charge in [0.05, 0.1) is 5.69 Å². The van der Waals surface area contributed by atoms with Gasteiger partial charge in [0, 0.05) is 25.2 Å². The third-order valence-electron chi connectivity index (χ3n) is 5.55. The van der Waals surface area contributed by atoms with Crippen molar-refractivity contribution < 1.29 is 0 Å². The fourth-order valence-electron chi connectivity index (χ4n) is 4.43. The molecule has 2 fully saturated rings. The zero-order chi connectivity index (χ0) is 14.1. The number of nitrogens with one attached hydrogen (secondary N) is 1. The number of aromatic nitrogens is 2. The second-order valence-electron chi connectivity index (χ2n) is 6.84. The number of aryl methyl sites for hydroxylation is 2. The van der Waals surface area contributed by atoms with E-state index in [-0.39, 0.29) is 0 Å². The SMILES string of the molecule is CCc1cc(CC(CC2CC3CCC2C3)NN)n(C)n1. The maximum atomic E-state index is 5.81. The molecule has 2 aliphatic carbocycles. The van der Waals surface area contributed by atoms with Crippen LogP contribution in [0.2, 0.25) is 0 Å². The van der Waals surface area contributed by atoms with Gasteiger partial charge in [0.1, 0.15) is 0 Å². The lowest BCUT2D eigenvalue weighted by Gasteiger charge is -2.26. The van der Waals surface area contributed by atoms with Crippen molar-refractivity contribution in [2.45, 2.75) is 57.9 Å². The maximum Gasteiger partial charge on any atom is 0.0624 e. The predicted octanol–water partition coefficient (Wildman–Crippen LogP) is 2.18. The second kappa shape index (κ2) is 5.86. The van der Waals surface area contributed by atoms with E-state index in [1.165, 1.54) is 43.5 Å². The Balaban J connectivity index is 1.60. The van der Waals surface area contributed by atoms with Crippen LogP contribution in [0.4, 0.5) is 0 Å². The third-order valence-corrected chi connectivity index (χ3v) is 5.55. The summed E-state index contributed by atoms with van der Waals surface area (Å²) >= 11 is 0.